The molecule has 0 unspecified atom stereocenters. The summed E-state index contributed by atoms with van der Waals surface area (Å²) < 4.78 is 24.5. The van der Waals surface area contributed by atoms with Crippen molar-refractivity contribution in [2.24, 2.45) is 0 Å². The maximum absolute atomic E-state index is 12.3. The van der Waals surface area contributed by atoms with Crippen molar-refractivity contribution in [3.63, 3.8) is 0 Å². The molecule has 0 aliphatic carbocycles. The zero-order chi connectivity index (χ0) is 19.7. The van der Waals surface area contributed by atoms with Crippen molar-refractivity contribution in [3.8, 4) is 0 Å². The van der Waals surface area contributed by atoms with Crippen LogP contribution in [-0.2, 0) is 20.4 Å². The van der Waals surface area contributed by atoms with E-state index in [1.807, 2.05) is 6.92 Å². The number of carbonyl (C=O) groups excluding carboxylic acids is 2. The van der Waals surface area contributed by atoms with Gasteiger partial charge < -0.3 is 10.6 Å². The van der Waals surface area contributed by atoms with Gasteiger partial charge in [-0.3, -0.25) is 9.59 Å². The Hall–Kier alpha value is -2.67. The van der Waals surface area contributed by atoms with Crippen LogP contribution in [0.2, 0.25) is 0 Å². The number of carbonyl (C=O) groups is 2. The van der Waals surface area contributed by atoms with Crippen LogP contribution in [0.1, 0.15) is 35.7 Å². The largest absolute Gasteiger partial charge is 0.352 e. The second-order valence-corrected chi connectivity index (χ2v) is 8.29. The summed E-state index contributed by atoms with van der Waals surface area (Å²) in [4.78, 5) is 24.5. The van der Waals surface area contributed by atoms with Crippen LogP contribution in [0.4, 0.5) is 5.69 Å². The molecule has 2 aromatic carbocycles. The highest BCUT2D eigenvalue weighted by molar-refractivity contribution is 7.91. The molecule has 2 rings (SSSR count). The lowest BCUT2D eigenvalue weighted by Gasteiger charge is -2.11. The number of nitrogens with one attached hydrogen (secondary N) is 2. The van der Waals surface area contributed by atoms with E-state index in [9.17, 15) is 18.0 Å². The molecule has 0 heterocycles. The minimum atomic E-state index is -3.62. The van der Waals surface area contributed by atoms with Crippen LogP contribution in [0.15, 0.2) is 54.6 Å². The summed E-state index contributed by atoms with van der Waals surface area (Å²) in [6, 6.07) is 15.2. The van der Waals surface area contributed by atoms with E-state index in [0.717, 1.165) is 12.8 Å². The number of amides is 2. The normalized spacial score (nSPS) is 11.0. The number of hydrogen-bond donors (Lipinski definition) is 2. The van der Waals surface area contributed by atoms with E-state index in [1.54, 1.807) is 54.6 Å². The third kappa shape index (κ3) is 6.86. The lowest BCUT2D eigenvalue weighted by atomic mass is 10.1. The van der Waals surface area contributed by atoms with Gasteiger partial charge in [0.15, 0.2) is 9.84 Å². The van der Waals surface area contributed by atoms with E-state index < -0.39 is 21.5 Å². The number of para-hydroxylation sites is 1. The predicted molar refractivity (Wildman–Crippen MR) is 106 cm³/mol. The number of hydrogen-bond acceptors (Lipinski definition) is 4. The van der Waals surface area contributed by atoms with Gasteiger partial charge in [0.2, 0.25) is 5.91 Å². The summed E-state index contributed by atoms with van der Waals surface area (Å²) in [5.74, 6) is -1.82. The molecule has 2 amide bonds. The smallest absolute Gasteiger partial charge is 0.253 e. The van der Waals surface area contributed by atoms with Gasteiger partial charge in [0.25, 0.3) is 5.91 Å². The number of benzene rings is 2. The SMILES string of the molecule is CCCCNC(=O)c1ccccc1NC(=O)CS(=O)(=O)Cc1ccccc1. The minimum absolute atomic E-state index is 0.208. The van der Waals surface area contributed by atoms with Crippen molar-refractivity contribution in [3.05, 3.63) is 65.7 Å². The molecule has 6 nitrogen and oxygen atoms in total. The van der Waals surface area contributed by atoms with Crippen molar-refractivity contribution in [2.75, 3.05) is 17.6 Å². The van der Waals surface area contributed by atoms with Gasteiger partial charge in [-0.2, -0.15) is 0 Å². The second-order valence-electron chi connectivity index (χ2n) is 6.22. The van der Waals surface area contributed by atoms with Gasteiger partial charge in [0, 0.05) is 6.54 Å². The van der Waals surface area contributed by atoms with Gasteiger partial charge in [-0.25, -0.2) is 8.42 Å². The third-order valence-corrected chi connectivity index (χ3v) is 5.32. The molecule has 2 N–H and O–H groups in total. The number of sulfone groups is 1. The van der Waals surface area contributed by atoms with Crippen molar-refractivity contribution in [2.45, 2.75) is 25.5 Å². The molecule has 0 saturated heterocycles. The highest BCUT2D eigenvalue weighted by atomic mass is 32.2. The number of unbranched alkanes of at least 4 members (excludes halogenated alkanes) is 1. The highest BCUT2D eigenvalue weighted by Gasteiger charge is 2.19. The van der Waals surface area contributed by atoms with Crippen molar-refractivity contribution in [1.29, 1.82) is 0 Å². The molecule has 0 aliphatic heterocycles. The average Bonchev–Trinajstić information content (AvgIpc) is 2.62. The summed E-state index contributed by atoms with van der Waals surface area (Å²) in [6.07, 6.45) is 1.82. The minimum Gasteiger partial charge on any atom is -0.352 e. The highest BCUT2D eigenvalue weighted by Crippen LogP contribution is 2.15. The van der Waals surface area contributed by atoms with Crippen LogP contribution >= 0.6 is 0 Å². The lowest BCUT2D eigenvalue weighted by molar-refractivity contribution is -0.113. The fraction of sp³-hybridized carbons (Fsp3) is 0.300. The molecule has 0 spiro atoms. The fourth-order valence-electron chi connectivity index (χ4n) is 2.53. The molecule has 7 heteroatoms. The van der Waals surface area contributed by atoms with E-state index in [1.165, 1.54) is 0 Å². The van der Waals surface area contributed by atoms with Gasteiger partial charge in [-0.1, -0.05) is 55.8 Å². The van der Waals surface area contributed by atoms with E-state index in [-0.39, 0.29) is 11.7 Å². The topological polar surface area (TPSA) is 92.3 Å². The molecule has 27 heavy (non-hydrogen) atoms. The van der Waals surface area contributed by atoms with Crippen LogP contribution in [-0.4, -0.2) is 32.5 Å². The summed E-state index contributed by atoms with van der Waals surface area (Å²) in [7, 11) is -3.62. The average molecular weight is 388 g/mol. The maximum Gasteiger partial charge on any atom is 0.253 e. The molecule has 2 aromatic rings. The molecule has 0 bridgehead atoms. The molecular weight excluding hydrogens is 364 g/mol. The van der Waals surface area contributed by atoms with E-state index in [0.29, 0.717) is 23.4 Å². The Morgan fingerprint density at radius 1 is 0.963 bits per heavy atom. The van der Waals surface area contributed by atoms with Crippen molar-refractivity contribution < 1.29 is 18.0 Å². The lowest BCUT2D eigenvalue weighted by Crippen LogP contribution is -2.28. The first-order chi connectivity index (χ1) is 12.9. The predicted octanol–water partition coefficient (Wildman–Crippen LogP) is 2.77. The fourth-order valence-corrected chi connectivity index (χ4v) is 3.80. The number of anilines is 1. The second kappa shape index (κ2) is 9.87. The van der Waals surface area contributed by atoms with Crippen LogP contribution in [0.5, 0.6) is 0 Å². The first kappa shape index (κ1) is 20.6. The Balaban J connectivity index is 2.02. The first-order valence-corrected chi connectivity index (χ1v) is 10.6. The molecule has 0 atom stereocenters. The third-order valence-electron chi connectivity index (χ3n) is 3.84. The number of rotatable bonds is 9. The first-order valence-electron chi connectivity index (χ1n) is 8.82. The maximum atomic E-state index is 12.3. The molecule has 0 saturated carbocycles. The standard InChI is InChI=1S/C20H24N2O4S/c1-2-3-13-21-20(24)17-11-7-8-12-18(17)22-19(23)15-27(25,26)14-16-9-5-4-6-10-16/h4-12H,2-3,13-15H2,1H3,(H,21,24)(H,22,23). The Bertz CT molecular complexity index is 880. The molecule has 144 valence electrons. The van der Waals surface area contributed by atoms with Crippen LogP contribution in [0, 0.1) is 0 Å². The monoisotopic (exact) mass is 388 g/mol. The molecular formula is C20H24N2O4S. The summed E-state index contributed by atoms with van der Waals surface area (Å²) in [6.45, 7) is 2.57. The quantitative estimate of drug-likeness (QED) is 0.646. The van der Waals surface area contributed by atoms with Crippen LogP contribution in [0.3, 0.4) is 0 Å². The van der Waals surface area contributed by atoms with Gasteiger partial charge in [0.05, 0.1) is 17.0 Å². The molecule has 0 aromatic heterocycles. The Morgan fingerprint density at radius 3 is 2.33 bits per heavy atom. The molecule has 0 fully saturated rings. The van der Waals surface area contributed by atoms with E-state index in [2.05, 4.69) is 10.6 Å². The van der Waals surface area contributed by atoms with E-state index in [4.69, 9.17) is 0 Å². The Morgan fingerprint density at radius 2 is 1.63 bits per heavy atom. The van der Waals surface area contributed by atoms with Gasteiger partial charge in [-0.15, -0.1) is 0 Å². The summed E-state index contributed by atoms with van der Waals surface area (Å²) in [5.41, 5.74) is 1.23. The molecule has 0 aliphatic rings. The van der Waals surface area contributed by atoms with Crippen molar-refractivity contribution >= 4 is 27.3 Å². The van der Waals surface area contributed by atoms with Crippen LogP contribution < -0.4 is 10.6 Å². The summed E-state index contributed by atoms with van der Waals surface area (Å²) >= 11 is 0. The van der Waals surface area contributed by atoms with Gasteiger partial charge >= 0.3 is 0 Å². The summed E-state index contributed by atoms with van der Waals surface area (Å²) in [5, 5.41) is 5.33. The molecule has 0 radical (unpaired) electrons. The zero-order valence-electron chi connectivity index (χ0n) is 15.3. The van der Waals surface area contributed by atoms with Crippen LogP contribution in [0.25, 0.3) is 0 Å². The van der Waals surface area contributed by atoms with E-state index >= 15 is 0 Å². The Labute approximate surface area is 159 Å². The van der Waals surface area contributed by atoms with Gasteiger partial charge in [-0.05, 0) is 24.1 Å². The van der Waals surface area contributed by atoms with Gasteiger partial charge in [0.1, 0.15) is 5.75 Å². The van der Waals surface area contributed by atoms with Crippen molar-refractivity contribution in [1.82, 2.24) is 5.32 Å². The Kier molecular flexibility index (Phi) is 7.55. The zero-order valence-corrected chi connectivity index (χ0v) is 16.1.